The Morgan fingerprint density at radius 2 is 2.08 bits per heavy atom. The Morgan fingerprint density at radius 1 is 1.50 bits per heavy atom. The van der Waals surface area contributed by atoms with E-state index in [-0.39, 0.29) is 5.41 Å². The van der Waals surface area contributed by atoms with Crippen LogP contribution in [-0.2, 0) is 4.79 Å². The molecule has 0 saturated heterocycles. The molecule has 1 aliphatic rings. The zero-order chi connectivity index (χ0) is 9.03. The first-order chi connectivity index (χ1) is 5.71. The molecule has 1 saturated carbocycles. The molecule has 1 aliphatic carbocycles. The highest BCUT2D eigenvalue weighted by Gasteiger charge is 2.40. The van der Waals surface area contributed by atoms with E-state index in [0.29, 0.717) is 0 Å². The number of thioether (sulfide) groups is 1. The molecule has 12 heavy (non-hydrogen) atoms. The Balaban J connectivity index is 2.53. The third kappa shape index (κ3) is 1.94. The fourth-order valence-corrected chi connectivity index (χ4v) is 2.78. The highest BCUT2D eigenvalue weighted by atomic mass is 32.2. The molecule has 0 aromatic heterocycles. The molecule has 1 rings (SSSR count). The predicted octanol–water partition coefficient (Wildman–Crippen LogP) is 2.38. The molecule has 1 fully saturated rings. The van der Waals surface area contributed by atoms with E-state index in [1.165, 1.54) is 0 Å². The largest absolute Gasteiger partial charge is 0.481 e. The van der Waals surface area contributed by atoms with Gasteiger partial charge in [0.25, 0.3) is 0 Å². The van der Waals surface area contributed by atoms with Crippen LogP contribution in [0.5, 0.6) is 0 Å². The molecule has 2 nitrogen and oxygen atoms in total. The second-order valence-corrected chi connectivity index (χ2v) is 4.70. The number of aliphatic carboxylic acids is 1. The molecule has 0 atom stereocenters. The van der Waals surface area contributed by atoms with Gasteiger partial charge in [0.2, 0.25) is 0 Å². The van der Waals surface area contributed by atoms with E-state index >= 15 is 0 Å². The lowest BCUT2D eigenvalue weighted by molar-refractivity contribution is -0.147. The van der Waals surface area contributed by atoms with Gasteiger partial charge in [-0.05, 0) is 18.6 Å². The molecule has 0 spiro atoms. The maximum absolute atomic E-state index is 11.0. The summed E-state index contributed by atoms with van der Waals surface area (Å²) in [5, 5.41) is 9.08. The number of hydrogen-bond donors (Lipinski definition) is 1. The number of rotatable bonds is 4. The Morgan fingerprint density at radius 3 is 2.50 bits per heavy atom. The molecular weight excluding hydrogens is 172 g/mol. The van der Waals surface area contributed by atoms with E-state index in [0.717, 1.165) is 37.2 Å². The van der Waals surface area contributed by atoms with Crippen molar-refractivity contribution < 1.29 is 9.90 Å². The van der Waals surface area contributed by atoms with E-state index in [1.54, 1.807) is 11.8 Å². The van der Waals surface area contributed by atoms with Crippen LogP contribution in [0.2, 0.25) is 0 Å². The molecule has 0 amide bonds. The summed E-state index contributed by atoms with van der Waals surface area (Å²) < 4.78 is 0. The van der Waals surface area contributed by atoms with Crippen LogP contribution >= 0.6 is 11.8 Å². The van der Waals surface area contributed by atoms with Crippen LogP contribution in [0.1, 0.15) is 32.6 Å². The van der Waals surface area contributed by atoms with Crippen LogP contribution in [0.4, 0.5) is 0 Å². The quantitative estimate of drug-likeness (QED) is 0.736. The van der Waals surface area contributed by atoms with Gasteiger partial charge in [0.1, 0.15) is 0 Å². The van der Waals surface area contributed by atoms with Gasteiger partial charge in [0.15, 0.2) is 0 Å². The fraction of sp³-hybridized carbons (Fsp3) is 0.889. The maximum Gasteiger partial charge on any atom is 0.310 e. The third-order valence-corrected chi connectivity index (χ3v) is 3.76. The first kappa shape index (κ1) is 9.90. The minimum absolute atomic E-state index is 0.374. The van der Waals surface area contributed by atoms with Crippen LogP contribution in [-0.4, -0.2) is 22.6 Å². The van der Waals surface area contributed by atoms with Gasteiger partial charge in [-0.25, -0.2) is 0 Å². The van der Waals surface area contributed by atoms with Gasteiger partial charge >= 0.3 is 5.97 Å². The molecule has 0 aromatic carbocycles. The standard InChI is InChI=1S/C9H16O2S/c1-2-12-7-9(8(10)11)5-3-4-6-9/h2-7H2,1H3,(H,10,11). The molecule has 0 radical (unpaired) electrons. The van der Waals surface area contributed by atoms with Gasteiger partial charge in [-0.15, -0.1) is 0 Å². The molecule has 70 valence electrons. The average molecular weight is 188 g/mol. The molecule has 0 bridgehead atoms. The van der Waals surface area contributed by atoms with Crippen LogP contribution in [0.25, 0.3) is 0 Å². The monoisotopic (exact) mass is 188 g/mol. The van der Waals surface area contributed by atoms with Crippen LogP contribution < -0.4 is 0 Å². The van der Waals surface area contributed by atoms with E-state index in [2.05, 4.69) is 6.92 Å². The molecule has 0 aromatic rings. The van der Waals surface area contributed by atoms with Gasteiger partial charge in [0, 0.05) is 5.75 Å². The molecule has 0 aliphatic heterocycles. The lowest BCUT2D eigenvalue weighted by Gasteiger charge is -2.22. The van der Waals surface area contributed by atoms with Crippen molar-refractivity contribution in [1.29, 1.82) is 0 Å². The van der Waals surface area contributed by atoms with Gasteiger partial charge in [0.05, 0.1) is 5.41 Å². The summed E-state index contributed by atoms with van der Waals surface area (Å²) in [6.45, 7) is 2.08. The second kappa shape index (κ2) is 4.17. The van der Waals surface area contributed by atoms with Gasteiger partial charge in [-0.3, -0.25) is 4.79 Å². The first-order valence-corrected chi connectivity index (χ1v) is 5.68. The molecule has 1 N–H and O–H groups in total. The molecule has 0 heterocycles. The zero-order valence-corrected chi connectivity index (χ0v) is 8.32. The summed E-state index contributed by atoms with van der Waals surface area (Å²) in [5.41, 5.74) is -0.374. The van der Waals surface area contributed by atoms with E-state index in [9.17, 15) is 4.79 Å². The SMILES string of the molecule is CCSCC1(C(=O)O)CCCC1. The summed E-state index contributed by atoms with van der Waals surface area (Å²) in [6, 6.07) is 0. The highest BCUT2D eigenvalue weighted by Crippen LogP contribution is 2.40. The lowest BCUT2D eigenvalue weighted by atomic mass is 9.89. The number of carboxylic acid groups (broad SMARTS) is 1. The summed E-state index contributed by atoms with van der Waals surface area (Å²) in [6.07, 6.45) is 3.96. The van der Waals surface area contributed by atoms with E-state index in [4.69, 9.17) is 5.11 Å². The number of carboxylic acids is 1. The lowest BCUT2D eigenvalue weighted by Crippen LogP contribution is -2.30. The maximum atomic E-state index is 11.0. The highest BCUT2D eigenvalue weighted by molar-refractivity contribution is 7.99. The van der Waals surface area contributed by atoms with Crippen molar-refractivity contribution in [3.8, 4) is 0 Å². The molecular formula is C9H16O2S. The van der Waals surface area contributed by atoms with E-state index < -0.39 is 5.97 Å². The Hall–Kier alpha value is -0.180. The van der Waals surface area contributed by atoms with Crippen LogP contribution in [0.15, 0.2) is 0 Å². The van der Waals surface area contributed by atoms with Crippen molar-refractivity contribution in [3.05, 3.63) is 0 Å². The summed E-state index contributed by atoms with van der Waals surface area (Å²) in [7, 11) is 0. The van der Waals surface area contributed by atoms with Crippen molar-refractivity contribution in [2.24, 2.45) is 5.41 Å². The second-order valence-electron chi connectivity index (χ2n) is 3.43. The van der Waals surface area contributed by atoms with Crippen molar-refractivity contribution in [1.82, 2.24) is 0 Å². The number of hydrogen-bond acceptors (Lipinski definition) is 2. The fourth-order valence-electron chi connectivity index (χ4n) is 1.77. The van der Waals surface area contributed by atoms with Gasteiger partial charge in [-0.2, -0.15) is 11.8 Å². The third-order valence-electron chi connectivity index (χ3n) is 2.60. The minimum Gasteiger partial charge on any atom is -0.481 e. The van der Waals surface area contributed by atoms with Gasteiger partial charge < -0.3 is 5.11 Å². The minimum atomic E-state index is -0.582. The summed E-state index contributed by atoms with van der Waals surface area (Å²) >= 11 is 1.75. The Labute approximate surface area is 77.7 Å². The van der Waals surface area contributed by atoms with Gasteiger partial charge in [-0.1, -0.05) is 19.8 Å². The zero-order valence-electron chi connectivity index (χ0n) is 7.51. The first-order valence-electron chi connectivity index (χ1n) is 4.52. The summed E-state index contributed by atoms with van der Waals surface area (Å²) in [5.74, 6) is 1.24. The van der Waals surface area contributed by atoms with Crippen LogP contribution in [0.3, 0.4) is 0 Å². The predicted molar refractivity (Wildman–Crippen MR) is 51.5 cm³/mol. The van der Waals surface area contributed by atoms with E-state index in [1.807, 2.05) is 0 Å². The van der Waals surface area contributed by atoms with Crippen molar-refractivity contribution in [2.75, 3.05) is 11.5 Å². The smallest absolute Gasteiger partial charge is 0.310 e. The van der Waals surface area contributed by atoms with Crippen molar-refractivity contribution >= 4 is 17.7 Å². The Kier molecular flexibility index (Phi) is 3.44. The molecule has 3 heteroatoms. The Bertz CT molecular complexity index is 162. The molecule has 0 unspecified atom stereocenters. The van der Waals surface area contributed by atoms with Crippen LogP contribution in [0, 0.1) is 5.41 Å². The number of carbonyl (C=O) groups is 1. The summed E-state index contributed by atoms with van der Waals surface area (Å²) in [4.78, 5) is 11.0. The average Bonchev–Trinajstić information content (AvgIpc) is 2.50. The van der Waals surface area contributed by atoms with Crippen molar-refractivity contribution in [3.63, 3.8) is 0 Å². The topological polar surface area (TPSA) is 37.3 Å². The van der Waals surface area contributed by atoms with Crippen molar-refractivity contribution in [2.45, 2.75) is 32.6 Å². The normalized spacial score (nSPS) is 21.1.